The van der Waals surface area contributed by atoms with Crippen LogP contribution >= 0.6 is 23.2 Å². The van der Waals surface area contributed by atoms with Crippen LogP contribution in [0.5, 0.6) is 5.88 Å². The Morgan fingerprint density at radius 3 is 2.44 bits per heavy atom. The molecule has 9 heteroatoms. The smallest absolute Gasteiger partial charge is 0.225 e. The molecule has 2 atom stereocenters. The molecule has 1 amide bonds. The SMILES string of the molecule is O=C(C1CCN(c2ccncn2)CC1)N1C[C@H](CCOc2ccc(Cl)cn2)[C@@H](c2ccc(Cl)cc2)C1. The number of anilines is 1. The maximum atomic E-state index is 13.6. The maximum Gasteiger partial charge on any atom is 0.225 e. The number of carbonyl (C=O) groups is 1. The fourth-order valence-corrected chi connectivity index (χ4v) is 5.52. The molecule has 36 heavy (non-hydrogen) atoms. The number of hydrogen-bond donors (Lipinski definition) is 0. The minimum Gasteiger partial charge on any atom is -0.478 e. The molecule has 0 unspecified atom stereocenters. The minimum absolute atomic E-state index is 0.0437. The number of rotatable bonds is 7. The number of likely N-dealkylation sites (tertiary alicyclic amines) is 1. The van der Waals surface area contributed by atoms with Crippen molar-refractivity contribution >= 4 is 34.9 Å². The van der Waals surface area contributed by atoms with Crippen molar-refractivity contribution in [1.29, 1.82) is 0 Å². The molecule has 0 spiro atoms. The molecule has 1 aromatic carbocycles. The first-order valence-corrected chi connectivity index (χ1v) is 13.1. The lowest BCUT2D eigenvalue weighted by molar-refractivity contribution is -0.135. The first-order chi connectivity index (χ1) is 17.6. The summed E-state index contributed by atoms with van der Waals surface area (Å²) >= 11 is 12.1. The number of amides is 1. The second-order valence-corrected chi connectivity index (χ2v) is 10.3. The summed E-state index contributed by atoms with van der Waals surface area (Å²) in [5.41, 5.74) is 1.21. The predicted molar refractivity (Wildman–Crippen MR) is 141 cm³/mol. The van der Waals surface area contributed by atoms with Crippen molar-refractivity contribution in [3.63, 3.8) is 0 Å². The van der Waals surface area contributed by atoms with Crippen LogP contribution in [-0.4, -0.2) is 58.5 Å². The molecule has 0 aliphatic carbocycles. The molecular weight excluding hydrogens is 497 g/mol. The number of carbonyl (C=O) groups excluding carboxylic acids is 1. The lowest BCUT2D eigenvalue weighted by Gasteiger charge is -2.33. The number of hydrogen-bond acceptors (Lipinski definition) is 6. The van der Waals surface area contributed by atoms with Gasteiger partial charge < -0.3 is 14.5 Å². The highest BCUT2D eigenvalue weighted by Gasteiger charge is 2.39. The summed E-state index contributed by atoms with van der Waals surface area (Å²) in [6.07, 6.45) is 7.41. The van der Waals surface area contributed by atoms with E-state index in [2.05, 4.69) is 36.9 Å². The van der Waals surface area contributed by atoms with Crippen LogP contribution in [0.25, 0.3) is 0 Å². The molecule has 2 aliphatic rings. The van der Waals surface area contributed by atoms with E-state index in [1.54, 1.807) is 30.9 Å². The molecule has 5 rings (SSSR count). The van der Waals surface area contributed by atoms with Gasteiger partial charge >= 0.3 is 0 Å². The highest BCUT2D eigenvalue weighted by Crippen LogP contribution is 2.37. The van der Waals surface area contributed by atoms with Crippen molar-refractivity contribution in [1.82, 2.24) is 19.9 Å². The lowest BCUT2D eigenvalue weighted by Crippen LogP contribution is -2.42. The highest BCUT2D eigenvalue weighted by atomic mass is 35.5. The molecule has 3 aromatic rings. The van der Waals surface area contributed by atoms with Crippen molar-refractivity contribution in [3.8, 4) is 5.88 Å². The number of nitrogens with zero attached hydrogens (tertiary/aromatic N) is 5. The van der Waals surface area contributed by atoms with Gasteiger partial charge in [-0.2, -0.15) is 0 Å². The molecule has 0 bridgehead atoms. The van der Waals surface area contributed by atoms with Gasteiger partial charge in [0.2, 0.25) is 11.8 Å². The van der Waals surface area contributed by atoms with E-state index >= 15 is 0 Å². The Bertz CT molecular complexity index is 1140. The number of ether oxygens (including phenoxy) is 1. The zero-order valence-electron chi connectivity index (χ0n) is 20.0. The first-order valence-electron chi connectivity index (χ1n) is 12.4. The van der Waals surface area contributed by atoms with Crippen molar-refractivity contribution in [2.24, 2.45) is 11.8 Å². The summed E-state index contributed by atoms with van der Waals surface area (Å²) < 4.78 is 5.88. The third-order valence-electron chi connectivity index (χ3n) is 7.22. The molecular formula is C27H29Cl2N5O2. The predicted octanol–water partition coefficient (Wildman–Crippen LogP) is 5.11. The summed E-state index contributed by atoms with van der Waals surface area (Å²) in [5, 5.41) is 1.30. The average molecular weight is 526 g/mol. The molecule has 0 saturated carbocycles. The van der Waals surface area contributed by atoms with E-state index in [4.69, 9.17) is 27.9 Å². The van der Waals surface area contributed by atoms with Gasteiger partial charge in [-0.3, -0.25) is 4.79 Å². The summed E-state index contributed by atoms with van der Waals surface area (Å²) in [7, 11) is 0. The Balaban J connectivity index is 1.22. The number of piperidine rings is 1. The van der Waals surface area contributed by atoms with E-state index < -0.39 is 0 Å². The molecule has 0 N–H and O–H groups in total. The van der Waals surface area contributed by atoms with Crippen LogP contribution in [0.15, 0.2) is 61.2 Å². The minimum atomic E-state index is 0.0437. The van der Waals surface area contributed by atoms with E-state index in [0.717, 1.165) is 51.3 Å². The molecule has 7 nitrogen and oxygen atoms in total. The Labute approximate surface area is 221 Å². The Kier molecular flexibility index (Phi) is 7.87. The van der Waals surface area contributed by atoms with Gasteiger partial charge in [-0.1, -0.05) is 35.3 Å². The van der Waals surface area contributed by atoms with E-state index in [1.165, 1.54) is 5.56 Å². The van der Waals surface area contributed by atoms with Crippen molar-refractivity contribution in [2.45, 2.75) is 25.2 Å². The summed E-state index contributed by atoms with van der Waals surface area (Å²) in [6, 6.07) is 13.5. The first kappa shape index (κ1) is 24.8. The standard InChI is InChI=1S/C27H29Cl2N5O2/c28-22-3-1-19(2-4-22)24-17-34(16-21(24)10-14-36-26-6-5-23(29)15-31-26)27(35)20-8-12-33(13-9-20)25-7-11-30-18-32-25/h1-7,11,15,18,20-21,24H,8-10,12-14,16-17H2/t21-,24+/m0/s1. The third kappa shape index (κ3) is 5.90. The number of halogens is 2. The van der Waals surface area contributed by atoms with Gasteiger partial charge in [-0.05, 0) is 55.0 Å². The third-order valence-corrected chi connectivity index (χ3v) is 7.70. The van der Waals surface area contributed by atoms with Crippen LogP contribution in [0.2, 0.25) is 10.0 Å². The van der Waals surface area contributed by atoms with Gasteiger partial charge in [0.05, 0.1) is 11.6 Å². The molecule has 2 aliphatic heterocycles. The highest BCUT2D eigenvalue weighted by molar-refractivity contribution is 6.30. The summed E-state index contributed by atoms with van der Waals surface area (Å²) in [5.74, 6) is 2.33. The van der Waals surface area contributed by atoms with E-state index in [9.17, 15) is 4.79 Å². The number of aromatic nitrogens is 3. The van der Waals surface area contributed by atoms with Gasteiger partial charge in [0.1, 0.15) is 12.1 Å². The average Bonchev–Trinajstić information content (AvgIpc) is 3.34. The van der Waals surface area contributed by atoms with Crippen LogP contribution in [0, 0.1) is 11.8 Å². The second-order valence-electron chi connectivity index (χ2n) is 9.44. The number of benzene rings is 1. The summed E-state index contributed by atoms with van der Waals surface area (Å²) in [4.78, 5) is 30.4. The van der Waals surface area contributed by atoms with E-state index in [-0.39, 0.29) is 17.7 Å². The fraction of sp³-hybridized carbons (Fsp3) is 0.407. The fourth-order valence-electron chi connectivity index (χ4n) is 5.28. The molecule has 0 radical (unpaired) electrons. The monoisotopic (exact) mass is 525 g/mol. The van der Waals surface area contributed by atoms with Crippen LogP contribution < -0.4 is 9.64 Å². The zero-order chi connectivity index (χ0) is 24.9. The van der Waals surface area contributed by atoms with Gasteiger partial charge in [0, 0.05) is 61.5 Å². The van der Waals surface area contributed by atoms with Crippen molar-refractivity contribution in [3.05, 3.63) is 76.8 Å². The molecule has 2 saturated heterocycles. The van der Waals surface area contributed by atoms with Crippen LogP contribution in [0.3, 0.4) is 0 Å². The molecule has 4 heterocycles. The Hall–Kier alpha value is -2.90. The molecule has 2 fully saturated rings. The van der Waals surface area contributed by atoms with Crippen molar-refractivity contribution in [2.75, 3.05) is 37.7 Å². The molecule has 188 valence electrons. The van der Waals surface area contributed by atoms with Gasteiger partial charge in [0.25, 0.3) is 0 Å². The van der Waals surface area contributed by atoms with Gasteiger partial charge in [-0.15, -0.1) is 0 Å². The van der Waals surface area contributed by atoms with E-state index in [1.807, 2.05) is 18.2 Å². The normalized spacial score (nSPS) is 20.5. The molecule has 2 aromatic heterocycles. The Morgan fingerprint density at radius 1 is 0.972 bits per heavy atom. The van der Waals surface area contributed by atoms with Crippen LogP contribution in [0.1, 0.15) is 30.7 Å². The van der Waals surface area contributed by atoms with Gasteiger partial charge in [0.15, 0.2) is 0 Å². The zero-order valence-corrected chi connectivity index (χ0v) is 21.5. The summed E-state index contributed by atoms with van der Waals surface area (Å²) in [6.45, 7) is 3.63. The number of pyridine rings is 1. The van der Waals surface area contributed by atoms with Crippen LogP contribution in [0.4, 0.5) is 5.82 Å². The lowest BCUT2D eigenvalue weighted by atomic mass is 9.87. The van der Waals surface area contributed by atoms with Crippen LogP contribution in [-0.2, 0) is 4.79 Å². The Morgan fingerprint density at radius 2 is 1.75 bits per heavy atom. The second kappa shape index (κ2) is 11.4. The quantitative estimate of drug-likeness (QED) is 0.427. The van der Waals surface area contributed by atoms with Crippen molar-refractivity contribution < 1.29 is 9.53 Å². The van der Waals surface area contributed by atoms with Gasteiger partial charge in [-0.25, -0.2) is 15.0 Å². The maximum absolute atomic E-state index is 13.6. The van der Waals surface area contributed by atoms with E-state index in [0.29, 0.717) is 28.5 Å². The topological polar surface area (TPSA) is 71.5 Å². The largest absolute Gasteiger partial charge is 0.478 e.